The summed E-state index contributed by atoms with van der Waals surface area (Å²) >= 11 is 3.30. The molecule has 0 aromatic heterocycles. The van der Waals surface area contributed by atoms with Crippen LogP contribution in [0.5, 0.6) is 5.75 Å². The summed E-state index contributed by atoms with van der Waals surface area (Å²) in [5.41, 5.74) is 3.57. The third-order valence-corrected chi connectivity index (χ3v) is 7.64. The zero-order valence-corrected chi connectivity index (χ0v) is 20.9. The summed E-state index contributed by atoms with van der Waals surface area (Å²) in [4.78, 5) is 12.8. The van der Waals surface area contributed by atoms with Crippen LogP contribution < -0.4 is 5.43 Å². The van der Waals surface area contributed by atoms with Crippen LogP contribution in [-0.2, 0) is 21.4 Å². The molecule has 0 unspecified atom stereocenters. The molecule has 0 aliphatic rings. The SMILES string of the molecule is O=C(CN(Cc1ccccc1)S(=O)(=O)c1ccc(Br)cc1)N/N=C/c1c(O)ccc2ccccc12. The number of aromatic hydroxyl groups is 1. The molecule has 2 N–H and O–H groups in total. The van der Waals surface area contributed by atoms with E-state index in [2.05, 4.69) is 26.5 Å². The highest BCUT2D eigenvalue weighted by Gasteiger charge is 2.27. The van der Waals surface area contributed by atoms with Gasteiger partial charge in [-0.2, -0.15) is 9.41 Å². The van der Waals surface area contributed by atoms with Crippen molar-refractivity contribution in [3.63, 3.8) is 0 Å². The number of carbonyl (C=O) groups is 1. The minimum absolute atomic E-state index is 0.0144. The number of sulfonamides is 1. The summed E-state index contributed by atoms with van der Waals surface area (Å²) in [7, 11) is -3.96. The first-order valence-corrected chi connectivity index (χ1v) is 12.9. The van der Waals surface area contributed by atoms with Crippen molar-refractivity contribution in [2.45, 2.75) is 11.4 Å². The van der Waals surface area contributed by atoms with Gasteiger partial charge in [0.05, 0.1) is 17.7 Å². The maximum atomic E-state index is 13.3. The van der Waals surface area contributed by atoms with E-state index < -0.39 is 22.5 Å². The fourth-order valence-electron chi connectivity index (χ4n) is 3.55. The normalized spacial score (nSPS) is 11.8. The molecule has 7 nitrogen and oxygen atoms in total. The maximum absolute atomic E-state index is 13.3. The van der Waals surface area contributed by atoms with E-state index in [9.17, 15) is 18.3 Å². The third-order valence-electron chi connectivity index (χ3n) is 5.30. The number of hydrazone groups is 1. The summed E-state index contributed by atoms with van der Waals surface area (Å²) in [6.07, 6.45) is 1.35. The Hall–Kier alpha value is -3.53. The number of halogens is 1. The lowest BCUT2D eigenvalue weighted by molar-refractivity contribution is -0.121. The summed E-state index contributed by atoms with van der Waals surface area (Å²) in [6.45, 7) is -0.424. The molecule has 0 aliphatic heterocycles. The number of nitrogens with one attached hydrogen (secondary N) is 1. The van der Waals surface area contributed by atoms with Crippen LogP contribution in [0.15, 0.2) is 105 Å². The first-order valence-electron chi connectivity index (χ1n) is 10.7. The number of rotatable bonds is 8. The summed E-state index contributed by atoms with van der Waals surface area (Å²) in [5.74, 6) is -0.595. The maximum Gasteiger partial charge on any atom is 0.255 e. The highest BCUT2D eigenvalue weighted by Crippen LogP contribution is 2.25. The lowest BCUT2D eigenvalue weighted by Crippen LogP contribution is -2.39. The van der Waals surface area contributed by atoms with Crippen LogP contribution >= 0.6 is 15.9 Å². The number of nitrogens with zero attached hydrogens (tertiary/aromatic N) is 2. The Kier molecular flexibility index (Phi) is 7.60. The molecule has 4 aromatic carbocycles. The van der Waals surface area contributed by atoms with Crippen LogP contribution in [0.3, 0.4) is 0 Å². The van der Waals surface area contributed by atoms with E-state index in [0.717, 1.165) is 25.1 Å². The van der Waals surface area contributed by atoms with Gasteiger partial charge in [-0.25, -0.2) is 13.8 Å². The van der Waals surface area contributed by atoms with Crippen molar-refractivity contribution >= 4 is 48.8 Å². The summed E-state index contributed by atoms with van der Waals surface area (Å²) in [6, 6.07) is 26.1. The Labute approximate surface area is 211 Å². The second-order valence-electron chi connectivity index (χ2n) is 7.73. The molecular weight excluding hydrogens is 530 g/mol. The molecule has 0 bridgehead atoms. The molecule has 0 fully saturated rings. The molecular formula is C26H22BrN3O4S. The molecule has 0 saturated carbocycles. The van der Waals surface area contributed by atoms with Crippen molar-refractivity contribution < 1.29 is 18.3 Å². The average molecular weight is 552 g/mol. The molecule has 0 radical (unpaired) electrons. The number of hydrogen-bond acceptors (Lipinski definition) is 5. The van der Waals surface area contributed by atoms with Crippen molar-refractivity contribution in [1.82, 2.24) is 9.73 Å². The van der Waals surface area contributed by atoms with Gasteiger partial charge in [-0.15, -0.1) is 0 Å². The number of phenolic OH excluding ortho intramolecular Hbond substituents is 1. The fraction of sp³-hybridized carbons (Fsp3) is 0.0769. The van der Waals surface area contributed by atoms with E-state index in [0.29, 0.717) is 5.56 Å². The number of amides is 1. The van der Waals surface area contributed by atoms with Gasteiger partial charge in [-0.1, -0.05) is 76.6 Å². The van der Waals surface area contributed by atoms with E-state index in [-0.39, 0.29) is 17.2 Å². The molecule has 4 aromatic rings. The van der Waals surface area contributed by atoms with E-state index >= 15 is 0 Å². The van der Waals surface area contributed by atoms with Gasteiger partial charge in [-0.3, -0.25) is 4.79 Å². The molecule has 4 rings (SSSR count). The highest BCUT2D eigenvalue weighted by molar-refractivity contribution is 9.10. The first kappa shape index (κ1) is 24.6. The van der Waals surface area contributed by atoms with Crippen LogP contribution in [0.4, 0.5) is 0 Å². The second-order valence-corrected chi connectivity index (χ2v) is 10.6. The number of carbonyl (C=O) groups excluding carboxylic acids is 1. The lowest BCUT2D eigenvalue weighted by atomic mass is 10.0. The second kappa shape index (κ2) is 10.8. The first-order chi connectivity index (χ1) is 16.8. The Balaban J connectivity index is 1.55. The Morgan fingerprint density at radius 1 is 0.943 bits per heavy atom. The van der Waals surface area contributed by atoms with Crippen LogP contribution in [-0.4, -0.2) is 36.5 Å². The van der Waals surface area contributed by atoms with Crippen LogP contribution in [0.25, 0.3) is 10.8 Å². The van der Waals surface area contributed by atoms with Crippen molar-refractivity contribution in [3.05, 3.63) is 107 Å². The van der Waals surface area contributed by atoms with Gasteiger partial charge in [0.25, 0.3) is 5.91 Å². The van der Waals surface area contributed by atoms with E-state index in [1.54, 1.807) is 48.5 Å². The van der Waals surface area contributed by atoms with Crippen molar-refractivity contribution in [3.8, 4) is 5.75 Å². The zero-order valence-electron chi connectivity index (χ0n) is 18.5. The summed E-state index contributed by atoms with van der Waals surface area (Å²) < 4.78 is 28.5. The van der Waals surface area contributed by atoms with E-state index in [4.69, 9.17) is 0 Å². The van der Waals surface area contributed by atoms with Crippen molar-refractivity contribution in [1.29, 1.82) is 0 Å². The Morgan fingerprint density at radius 3 is 2.37 bits per heavy atom. The van der Waals surface area contributed by atoms with Gasteiger partial charge < -0.3 is 5.11 Å². The topological polar surface area (TPSA) is 99.1 Å². The van der Waals surface area contributed by atoms with Gasteiger partial charge in [-0.05, 0) is 46.7 Å². The molecule has 0 spiro atoms. The minimum Gasteiger partial charge on any atom is -0.507 e. The summed E-state index contributed by atoms with van der Waals surface area (Å²) in [5, 5.41) is 15.9. The Bertz CT molecular complexity index is 1470. The minimum atomic E-state index is -3.96. The molecule has 1 amide bonds. The van der Waals surface area contributed by atoms with Crippen LogP contribution in [0.1, 0.15) is 11.1 Å². The molecule has 178 valence electrons. The number of benzene rings is 4. The Morgan fingerprint density at radius 2 is 1.63 bits per heavy atom. The van der Waals surface area contributed by atoms with Gasteiger partial charge in [0.15, 0.2) is 0 Å². The molecule has 0 aliphatic carbocycles. The average Bonchev–Trinajstić information content (AvgIpc) is 2.86. The quantitative estimate of drug-likeness (QED) is 0.246. The highest BCUT2D eigenvalue weighted by atomic mass is 79.9. The standard InChI is InChI=1S/C26H22BrN3O4S/c27-21-11-13-22(14-12-21)35(33,34)30(17-19-6-2-1-3-7-19)18-26(32)29-28-16-24-23-9-5-4-8-20(23)10-15-25(24)31/h1-16,31H,17-18H2,(H,29,32)/b28-16+. The number of fused-ring (bicyclic) bond motifs is 1. The van der Waals surface area contributed by atoms with Gasteiger partial charge in [0.1, 0.15) is 5.75 Å². The van der Waals surface area contributed by atoms with Crippen molar-refractivity contribution in [2.24, 2.45) is 5.10 Å². The third kappa shape index (κ3) is 5.94. The fourth-order valence-corrected chi connectivity index (χ4v) is 5.20. The van der Waals surface area contributed by atoms with Crippen LogP contribution in [0.2, 0.25) is 0 Å². The van der Waals surface area contributed by atoms with Gasteiger partial charge >= 0.3 is 0 Å². The lowest BCUT2D eigenvalue weighted by Gasteiger charge is -2.21. The van der Waals surface area contributed by atoms with E-state index in [1.807, 2.05) is 30.3 Å². The van der Waals surface area contributed by atoms with Crippen molar-refractivity contribution in [2.75, 3.05) is 6.54 Å². The molecule has 0 heterocycles. The number of phenols is 1. The van der Waals surface area contributed by atoms with E-state index in [1.165, 1.54) is 18.3 Å². The molecule has 0 saturated heterocycles. The largest absolute Gasteiger partial charge is 0.507 e. The molecule has 9 heteroatoms. The van der Waals surface area contributed by atoms with Crippen LogP contribution in [0, 0.1) is 0 Å². The predicted octanol–water partition coefficient (Wildman–Crippen LogP) is 4.65. The molecule has 0 atom stereocenters. The number of hydrogen-bond donors (Lipinski definition) is 2. The monoisotopic (exact) mass is 551 g/mol. The molecule has 35 heavy (non-hydrogen) atoms. The van der Waals surface area contributed by atoms with Gasteiger partial charge in [0.2, 0.25) is 10.0 Å². The smallest absolute Gasteiger partial charge is 0.255 e. The van der Waals surface area contributed by atoms with Gasteiger partial charge in [0, 0.05) is 16.6 Å². The predicted molar refractivity (Wildman–Crippen MR) is 140 cm³/mol. The zero-order chi connectivity index (χ0) is 24.8.